The van der Waals surface area contributed by atoms with Crippen LogP contribution in [0.15, 0.2) is 24.3 Å². The lowest BCUT2D eigenvalue weighted by molar-refractivity contribution is -0.154. The maximum atomic E-state index is 12.7. The van der Waals surface area contributed by atoms with E-state index >= 15 is 0 Å². The van der Waals surface area contributed by atoms with E-state index in [1.165, 1.54) is 0 Å². The third-order valence-corrected chi connectivity index (χ3v) is 4.65. The summed E-state index contributed by atoms with van der Waals surface area (Å²) in [4.78, 5) is 35.8. The van der Waals surface area contributed by atoms with Gasteiger partial charge in [0, 0.05) is 11.6 Å². The molecule has 0 radical (unpaired) electrons. The van der Waals surface area contributed by atoms with E-state index in [9.17, 15) is 14.4 Å². The summed E-state index contributed by atoms with van der Waals surface area (Å²) in [6, 6.07) is 7.18. The van der Waals surface area contributed by atoms with Gasteiger partial charge in [-0.25, -0.2) is 0 Å². The molecule has 136 valence electrons. The molecule has 1 aliphatic carbocycles. The van der Waals surface area contributed by atoms with Gasteiger partial charge in [-0.3, -0.25) is 14.4 Å². The lowest BCUT2D eigenvalue weighted by atomic mass is 9.79. The van der Waals surface area contributed by atoms with Gasteiger partial charge in [0.25, 0.3) is 5.91 Å². The van der Waals surface area contributed by atoms with Crippen molar-refractivity contribution in [3.63, 3.8) is 0 Å². The number of carbonyl (C=O) groups excluding carboxylic acids is 3. The molecule has 1 saturated carbocycles. The van der Waals surface area contributed by atoms with Crippen LogP contribution in [-0.4, -0.2) is 37.5 Å². The predicted molar refractivity (Wildman–Crippen MR) is 94.3 cm³/mol. The fraction of sp³-hybridized carbons (Fsp3) is 0.500. The molecule has 1 aliphatic rings. The zero-order chi connectivity index (χ0) is 18.3. The fourth-order valence-electron chi connectivity index (χ4n) is 3.12. The van der Waals surface area contributed by atoms with Crippen LogP contribution in [0.25, 0.3) is 0 Å². The van der Waals surface area contributed by atoms with Crippen LogP contribution < -0.4 is 10.6 Å². The molecule has 1 aromatic rings. The van der Waals surface area contributed by atoms with Crippen LogP contribution in [-0.2, 0) is 24.5 Å². The SMILES string of the molecule is CCNC(=O)CNC(=O)COC(=O)C1(c2ccc(Cl)cc2)CCCC1. The molecule has 25 heavy (non-hydrogen) atoms. The maximum Gasteiger partial charge on any atom is 0.317 e. The molecule has 0 heterocycles. The number of amides is 2. The van der Waals surface area contributed by atoms with Crippen LogP contribution >= 0.6 is 11.6 Å². The molecule has 0 atom stereocenters. The van der Waals surface area contributed by atoms with Crippen LogP contribution in [0, 0.1) is 0 Å². The Kier molecular flexibility index (Phi) is 6.82. The van der Waals surface area contributed by atoms with Gasteiger partial charge < -0.3 is 15.4 Å². The molecular formula is C18H23ClN2O4. The Morgan fingerprint density at radius 2 is 1.72 bits per heavy atom. The van der Waals surface area contributed by atoms with Gasteiger partial charge >= 0.3 is 5.97 Å². The van der Waals surface area contributed by atoms with Crippen LogP contribution in [0.2, 0.25) is 5.02 Å². The Balaban J connectivity index is 1.94. The van der Waals surface area contributed by atoms with Gasteiger partial charge in [0.2, 0.25) is 5.91 Å². The summed E-state index contributed by atoms with van der Waals surface area (Å²) >= 11 is 5.93. The minimum Gasteiger partial charge on any atom is -0.455 e. The Labute approximate surface area is 152 Å². The van der Waals surface area contributed by atoms with Crippen LogP contribution in [0.3, 0.4) is 0 Å². The minimum atomic E-state index is -0.718. The number of halogens is 1. The zero-order valence-electron chi connectivity index (χ0n) is 14.3. The van der Waals surface area contributed by atoms with E-state index in [4.69, 9.17) is 16.3 Å². The second-order valence-corrected chi connectivity index (χ2v) is 6.54. The van der Waals surface area contributed by atoms with Gasteiger partial charge in [0.15, 0.2) is 6.61 Å². The van der Waals surface area contributed by atoms with Crippen molar-refractivity contribution < 1.29 is 19.1 Å². The van der Waals surface area contributed by atoms with E-state index < -0.39 is 23.9 Å². The highest BCUT2D eigenvalue weighted by Crippen LogP contribution is 2.42. The molecule has 0 aliphatic heterocycles. The lowest BCUT2D eigenvalue weighted by Gasteiger charge is -2.27. The van der Waals surface area contributed by atoms with Crippen molar-refractivity contribution in [2.24, 2.45) is 0 Å². The number of ether oxygens (including phenoxy) is 1. The van der Waals surface area contributed by atoms with Crippen LogP contribution in [0.5, 0.6) is 0 Å². The van der Waals surface area contributed by atoms with Crippen LogP contribution in [0.1, 0.15) is 38.2 Å². The third kappa shape index (κ3) is 4.95. The molecule has 7 heteroatoms. The number of hydrogen-bond donors (Lipinski definition) is 2. The first-order valence-corrected chi connectivity index (χ1v) is 8.82. The number of nitrogens with one attached hydrogen (secondary N) is 2. The van der Waals surface area contributed by atoms with E-state index in [1.54, 1.807) is 19.1 Å². The number of rotatable bonds is 7. The van der Waals surface area contributed by atoms with E-state index in [-0.39, 0.29) is 12.5 Å². The normalized spacial score (nSPS) is 15.4. The maximum absolute atomic E-state index is 12.7. The highest BCUT2D eigenvalue weighted by molar-refractivity contribution is 6.30. The van der Waals surface area contributed by atoms with Gasteiger partial charge in [-0.05, 0) is 37.5 Å². The predicted octanol–water partition coefficient (Wildman–Crippen LogP) is 1.95. The Morgan fingerprint density at radius 3 is 2.32 bits per heavy atom. The van der Waals surface area contributed by atoms with Gasteiger partial charge in [0.1, 0.15) is 0 Å². The number of benzene rings is 1. The molecule has 6 nitrogen and oxygen atoms in total. The molecular weight excluding hydrogens is 344 g/mol. The van der Waals surface area contributed by atoms with Gasteiger partial charge in [0.05, 0.1) is 12.0 Å². The molecule has 0 unspecified atom stereocenters. The van der Waals surface area contributed by atoms with Crippen molar-refractivity contribution in [3.05, 3.63) is 34.9 Å². The Bertz CT molecular complexity index is 624. The smallest absolute Gasteiger partial charge is 0.317 e. The van der Waals surface area contributed by atoms with Crippen LogP contribution in [0.4, 0.5) is 0 Å². The molecule has 0 spiro atoms. The highest BCUT2D eigenvalue weighted by Gasteiger charge is 2.44. The van der Waals surface area contributed by atoms with E-state index in [0.29, 0.717) is 24.4 Å². The van der Waals surface area contributed by atoms with E-state index in [0.717, 1.165) is 18.4 Å². The monoisotopic (exact) mass is 366 g/mol. The van der Waals surface area contributed by atoms with Gasteiger partial charge in [-0.2, -0.15) is 0 Å². The summed E-state index contributed by atoms with van der Waals surface area (Å²) in [6.07, 6.45) is 3.24. The van der Waals surface area contributed by atoms with Crippen molar-refractivity contribution in [2.75, 3.05) is 19.7 Å². The standard InChI is InChI=1S/C18H23ClN2O4/c1-2-20-15(22)11-21-16(23)12-25-17(24)18(9-3-4-10-18)13-5-7-14(19)8-6-13/h5-8H,2-4,9-12H2,1H3,(H,20,22)(H,21,23). The number of esters is 1. The first kappa shape index (κ1) is 19.2. The third-order valence-electron chi connectivity index (χ3n) is 4.40. The lowest BCUT2D eigenvalue weighted by Crippen LogP contribution is -2.40. The summed E-state index contributed by atoms with van der Waals surface area (Å²) < 4.78 is 5.25. The van der Waals surface area contributed by atoms with Crippen molar-refractivity contribution in [3.8, 4) is 0 Å². The van der Waals surface area contributed by atoms with Crippen molar-refractivity contribution in [2.45, 2.75) is 38.0 Å². The molecule has 0 aromatic heterocycles. The summed E-state index contributed by atoms with van der Waals surface area (Å²) in [6.45, 7) is 1.76. The molecule has 1 aromatic carbocycles. The molecule has 0 saturated heterocycles. The first-order chi connectivity index (χ1) is 12.0. The summed E-state index contributed by atoms with van der Waals surface area (Å²) in [7, 11) is 0. The van der Waals surface area contributed by atoms with E-state index in [1.807, 2.05) is 12.1 Å². The first-order valence-electron chi connectivity index (χ1n) is 8.44. The zero-order valence-corrected chi connectivity index (χ0v) is 15.0. The molecule has 2 N–H and O–H groups in total. The quantitative estimate of drug-likeness (QED) is 0.722. The van der Waals surface area contributed by atoms with Gasteiger partial charge in [-0.15, -0.1) is 0 Å². The molecule has 2 amide bonds. The summed E-state index contributed by atoms with van der Waals surface area (Å²) in [5, 5.41) is 5.60. The summed E-state index contributed by atoms with van der Waals surface area (Å²) in [5.41, 5.74) is 0.145. The Hall–Kier alpha value is -2.08. The number of carbonyl (C=O) groups is 3. The summed E-state index contributed by atoms with van der Waals surface area (Å²) in [5.74, 6) is -1.18. The number of likely N-dealkylation sites (N-methyl/N-ethyl adjacent to an activating group) is 1. The molecule has 1 fully saturated rings. The molecule has 2 rings (SSSR count). The highest BCUT2D eigenvalue weighted by atomic mass is 35.5. The molecule has 0 bridgehead atoms. The van der Waals surface area contributed by atoms with E-state index in [2.05, 4.69) is 10.6 Å². The second kappa shape index (κ2) is 8.85. The minimum absolute atomic E-state index is 0.132. The van der Waals surface area contributed by atoms with Crippen molar-refractivity contribution in [1.82, 2.24) is 10.6 Å². The fourth-order valence-corrected chi connectivity index (χ4v) is 3.24. The average molecular weight is 367 g/mol. The average Bonchev–Trinajstić information content (AvgIpc) is 3.09. The largest absolute Gasteiger partial charge is 0.455 e. The van der Waals surface area contributed by atoms with Crippen molar-refractivity contribution >= 4 is 29.4 Å². The van der Waals surface area contributed by atoms with Crippen molar-refractivity contribution in [1.29, 1.82) is 0 Å². The second-order valence-electron chi connectivity index (χ2n) is 6.10. The van der Waals surface area contributed by atoms with Gasteiger partial charge in [-0.1, -0.05) is 36.6 Å². The number of hydrogen-bond acceptors (Lipinski definition) is 4. The topological polar surface area (TPSA) is 84.5 Å². The Morgan fingerprint density at radius 1 is 1.08 bits per heavy atom.